The summed E-state index contributed by atoms with van der Waals surface area (Å²) in [5.41, 5.74) is 3.19. The predicted octanol–water partition coefficient (Wildman–Crippen LogP) is 6.62. The molecule has 1 aliphatic rings. The van der Waals surface area contributed by atoms with E-state index in [4.69, 9.17) is 4.74 Å². The molecule has 1 N–H and O–H groups in total. The second-order valence-corrected chi connectivity index (χ2v) is 9.01. The topological polar surface area (TPSA) is 50.7 Å². The summed E-state index contributed by atoms with van der Waals surface area (Å²) >= 11 is 4.73. The van der Waals surface area contributed by atoms with E-state index in [-0.39, 0.29) is 18.3 Å². The minimum absolute atomic E-state index is 0.0876. The van der Waals surface area contributed by atoms with E-state index < -0.39 is 0 Å². The Morgan fingerprint density at radius 3 is 2.66 bits per heavy atom. The lowest BCUT2D eigenvalue weighted by molar-refractivity contribution is -0.115. The Hall–Kier alpha value is -2.90. The van der Waals surface area contributed by atoms with Gasteiger partial charge in [0.15, 0.2) is 5.17 Å². The van der Waals surface area contributed by atoms with Gasteiger partial charge in [-0.25, -0.2) is 9.38 Å². The number of halogens is 2. The number of amidine groups is 1. The van der Waals surface area contributed by atoms with Gasteiger partial charge in [0.05, 0.1) is 10.6 Å². The van der Waals surface area contributed by atoms with E-state index in [0.29, 0.717) is 26.9 Å². The molecule has 0 unspecified atom stereocenters. The van der Waals surface area contributed by atoms with Gasteiger partial charge in [0.1, 0.15) is 18.2 Å². The molecule has 0 aliphatic carbocycles. The molecule has 162 valence electrons. The minimum Gasteiger partial charge on any atom is -0.488 e. The molecule has 4 nitrogen and oxygen atoms in total. The number of rotatable bonds is 6. The van der Waals surface area contributed by atoms with Gasteiger partial charge in [-0.2, -0.15) is 0 Å². The first kappa shape index (κ1) is 22.3. The van der Waals surface area contributed by atoms with Crippen molar-refractivity contribution in [3.63, 3.8) is 0 Å². The maximum absolute atomic E-state index is 13.9. The lowest BCUT2D eigenvalue weighted by Gasteiger charge is -2.11. The quantitative estimate of drug-likeness (QED) is 0.379. The van der Waals surface area contributed by atoms with Crippen LogP contribution in [0.15, 0.2) is 81.1 Å². The van der Waals surface area contributed by atoms with Crippen molar-refractivity contribution in [3.8, 4) is 5.75 Å². The smallest absolute Gasteiger partial charge is 0.264 e. The van der Waals surface area contributed by atoms with Gasteiger partial charge in [0.25, 0.3) is 5.91 Å². The van der Waals surface area contributed by atoms with Crippen molar-refractivity contribution in [3.05, 3.63) is 98.6 Å². The third kappa shape index (κ3) is 5.47. The van der Waals surface area contributed by atoms with E-state index in [1.54, 1.807) is 30.3 Å². The highest BCUT2D eigenvalue weighted by Crippen LogP contribution is 2.32. The standard InChI is InChI=1S/C25H20BrFN2O2S/c1-2-16-7-10-20(11-8-16)28-25-29-24(30)23(32-25)14-18-13-19(26)9-12-22(18)31-15-17-5-3-4-6-21(17)27/h3-14H,2,15H2,1H3,(H,28,29,30)/b23-14-. The molecule has 0 atom stereocenters. The van der Waals surface area contributed by atoms with Crippen molar-refractivity contribution in [2.75, 3.05) is 0 Å². The van der Waals surface area contributed by atoms with Gasteiger partial charge >= 0.3 is 0 Å². The molecule has 0 bridgehead atoms. The van der Waals surface area contributed by atoms with Gasteiger partial charge in [-0.15, -0.1) is 0 Å². The zero-order valence-corrected chi connectivity index (χ0v) is 19.7. The number of aryl methyl sites for hydroxylation is 1. The van der Waals surface area contributed by atoms with Crippen molar-refractivity contribution < 1.29 is 13.9 Å². The minimum atomic E-state index is -0.317. The number of thioether (sulfide) groups is 1. The number of carbonyl (C=O) groups excluding carboxylic acids is 1. The summed E-state index contributed by atoms with van der Waals surface area (Å²) in [5.74, 6) is 0.0138. The van der Waals surface area contributed by atoms with Gasteiger partial charge in [-0.05, 0) is 66.2 Å². The fourth-order valence-corrected chi connectivity index (χ4v) is 4.29. The van der Waals surface area contributed by atoms with Gasteiger partial charge in [0, 0.05) is 15.6 Å². The Morgan fingerprint density at radius 1 is 1.12 bits per heavy atom. The Bertz CT molecular complexity index is 1210. The third-order valence-corrected chi connectivity index (χ3v) is 6.23. The number of carbonyl (C=O) groups is 1. The normalized spacial score (nSPS) is 15.9. The van der Waals surface area contributed by atoms with E-state index >= 15 is 0 Å². The number of hydrogen-bond donors (Lipinski definition) is 1. The van der Waals surface area contributed by atoms with Crippen LogP contribution in [0.1, 0.15) is 23.6 Å². The highest BCUT2D eigenvalue weighted by Gasteiger charge is 2.24. The number of ether oxygens (including phenoxy) is 1. The molecule has 1 heterocycles. The van der Waals surface area contributed by atoms with Gasteiger partial charge in [-0.3, -0.25) is 4.79 Å². The average molecular weight is 511 g/mol. The van der Waals surface area contributed by atoms with Crippen molar-refractivity contribution >= 4 is 50.5 Å². The van der Waals surface area contributed by atoms with Crippen molar-refractivity contribution in [1.29, 1.82) is 0 Å². The van der Waals surface area contributed by atoms with Crippen LogP contribution in [-0.2, 0) is 17.8 Å². The second kappa shape index (κ2) is 10.1. The maximum Gasteiger partial charge on any atom is 0.264 e. The average Bonchev–Trinajstić information content (AvgIpc) is 3.13. The monoisotopic (exact) mass is 510 g/mol. The van der Waals surface area contributed by atoms with Gasteiger partial charge in [0.2, 0.25) is 0 Å². The van der Waals surface area contributed by atoms with Gasteiger partial charge in [-0.1, -0.05) is 53.2 Å². The molecule has 3 aromatic carbocycles. The molecule has 0 spiro atoms. The van der Waals surface area contributed by atoms with E-state index in [1.165, 1.54) is 23.4 Å². The predicted molar refractivity (Wildman–Crippen MR) is 131 cm³/mol. The summed E-state index contributed by atoms with van der Waals surface area (Å²) in [5, 5.41) is 3.33. The van der Waals surface area contributed by atoms with Crippen LogP contribution in [0.2, 0.25) is 0 Å². The summed E-state index contributed by atoms with van der Waals surface area (Å²) in [7, 11) is 0. The molecule has 1 aliphatic heterocycles. The molecule has 0 aromatic heterocycles. The Morgan fingerprint density at radius 2 is 1.91 bits per heavy atom. The number of nitrogens with one attached hydrogen (secondary N) is 1. The molecule has 0 radical (unpaired) electrons. The largest absolute Gasteiger partial charge is 0.488 e. The molecule has 1 saturated heterocycles. The Labute approximate surface area is 198 Å². The highest BCUT2D eigenvalue weighted by molar-refractivity contribution is 9.10. The van der Waals surface area contributed by atoms with Crippen molar-refractivity contribution in [2.45, 2.75) is 20.0 Å². The van der Waals surface area contributed by atoms with Crippen molar-refractivity contribution in [2.24, 2.45) is 4.99 Å². The van der Waals surface area contributed by atoms with Crippen molar-refractivity contribution in [1.82, 2.24) is 5.32 Å². The molecule has 7 heteroatoms. The fourth-order valence-electron chi connectivity index (χ4n) is 3.08. The number of amides is 1. The summed E-state index contributed by atoms with van der Waals surface area (Å²) in [6.07, 6.45) is 2.72. The molecular weight excluding hydrogens is 491 g/mol. The van der Waals surface area contributed by atoms with E-state index in [2.05, 4.69) is 33.2 Å². The first-order valence-electron chi connectivity index (χ1n) is 10.1. The van der Waals surface area contributed by atoms with Crippen LogP contribution in [0, 0.1) is 5.82 Å². The van der Waals surface area contributed by atoms with Crippen LogP contribution < -0.4 is 10.1 Å². The highest BCUT2D eigenvalue weighted by atomic mass is 79.9. The first-order chi connectivity index (χ1) is 15.5. The van der Waals surface area contributed by atoms with Crippen LogP contribution >= 0.6 is 27.7 Å². The van der Waals surface area contributed by atoms with E-state index in [9.17, 15) is 9.18 Å². The lowest BCUT2D eigenvalue weighted by Crippen LogP contribution is -2.19. The van der Waals surface area contributed by atoms with Crippen LogP contribution in [0.4, 0.5) is 10.1 Å². The van der Waals surface area contributed by atoms with Crippen LogP contribution in [0.5, 0.6) is 5.75 Å². The summed E-state index contributed by atoms with van der Waals surface area (Å²) in [6, 6.07) is 19.9. The number of nitrogens with zero attached hydrogens (tertiary/aromatic N) is 1. The third-order valence-electron chi connectivity index (χ3n) is 4.83. The SMILES string of the molecule is CCc1ccc(N=C2NC(=O)/C(=C/c3cc(Br)ccc3OCc3ccccc3F)S2)cc1. The van der Waals surface area contributed by atoms with E-state index in [0.717, 1.165) is 16.6 Å². The molecule has 4 rings (SSSR count). The molecular formula is C25H20BrFN2O2S. The zero-order valence-electron chi connectivity index (χ0n) is 17.3. The molecule has 0 saturated carbocycles. The summed E-state index contributed by atoms with van der Waals surface area (Å²) in [4.78, 5) is 17.5. The lowest BCUT2D eigenvalue weighted by atomic mass is 10.1. The molecule has 32 heavy (non-hydrogen) atoms. The summed E-state index contributed by atoms with van der Waals surface area (Å²) in [6.45, 7) is 2.19. The first-order valence-corrected chi connectivity index (χ1v) is 11.7. The van der Waals surface area contributed by atoms with Crippen LogP contribution in [-0.4, -0.2) is 11.1 Å². The molecule has 1 amide bonds. The van der Waals surface area contributed by atoms with Crippen LogP contribution in [0.3, 0.4) is 0 Å². The number of benzene rings is 3. The second-order valence-electron chi connectivity index (χ2n) is 7.06. The number of hydrogen-bond acceptors (Lipinski definition) is 4. The zero-order chi connectivity index (χ0) is 22.5. The molecule has 3 aromatic rings. The number of aliphatic imine (C=N–C) groups is 1. The Balaban J connectivity index is 1.55. The Kier molecular flexibility index (Phi) is 7.07. The molecule has 1 fully saturated rings. The van der Waals surface area contributed by atoms with Crippen LogP contribution in [0.25, 0.3) is 6.08 Å². The van der Waals surface area contributed by atoms with E-state index in [1.807, 2.05) is 36.4 Å². The maximum atomic E-state index is 13.9. The van der Waals surface area contributed by atoms with Gasteiger partial charge < -0.3 is 10.1 Å². The fraction of sp³-hybridized carbons (Fsp3) is 0.120. The summed E-state index contributed by atoms with van der Waals surface area (Å²) < 4.78 is 20.6.